The van der Waals surface area contributed by atoms with E-state index < -0.39 is 25.9 Å². The van der Waals surface area contributed by atoms with Crippen LogP contribution in [0.5, 0.6) is 0 Å². The van der Waals surface area contributed by atoms with Crippen LogP contribution in [0, 0.1) is 0 Å². The largest absolute Gasteiger partial charge is 0.395 e. The molecule has 2 rings (SSSR count). The first kappa shape index (κ1) is 15.4. The van der Waals surface area contributed by atoms with Crippen molar-refractivity contribution in [2.24, 2.45) is 0 Å². The van der Waals surface area contributed by atoms with Crippen molar-refractivity contribution in [1.29, 1.82) is 0 Å². The maximum atomic E-state index is 12.4. The molecule has 0 amide bonds. The summed E-state index contributed by atoms with van der Waals surface area (Å²) in [6.07, 6.45) is 2.42. The molecule has 8 heteroatoms. The van der Waals surface area contributed by atoms with Crippen molar-refractivity contribution in [3.05, 3.63) is 24.3 Å². The fourth-order valence-corrected chi connectivity index (χ4v) is 4.62. The van der Waals surface area contributed by atoms with Gasteiger partial charge in [0.15, 0.2) is 9.84 Å². The van der Waals surface area contributed by atoms with Gasteiger partial charge < -0.3 is 5.11 Å². The van der Waals surface area contributed by atoms with Crippen LogP contribution in [0.15, 0.2) is 34.1 Å². The molecule has 1 aromatic rings. The third-order valence-corrected chi connectivity index (χ3v) is 6.49. The standard InChI is InChI=1S/C12H17NO5S2/c1-19(15,16)11-4-6-12(7-5-11)20(17,18)13-8-2-3-10(13)9-14/h4-7,10,14H,2-3,8-9H2,1H3. The van der Waals surface area contributed by atoms with Crippen molar-refractivity contribution in [3.8, 4) is 0 Å². The van der Waals surface area contributed by atoms with E-state index in [0.717, 1.165) is 6.26 Å². The summed E-state index contributed by atoms with van der Waals surface area (Å²) in [5, 5.41) is 9.21. The van der Waals surface area contributed by atoms with Gasteiger partial charge >= 0.3 is 0 Å². The summed E-state index contributed by atoms with van der Waals surface area (Å²) in [4.78, 5) is 0.127. The van der Waals surface area contributed by atoms with Crippen molar-refractivity contribution in [2.45, 2.75) is 28.7 Å². The molecule has 1 atom stereocenters. The second-order valence-electron chi connectivity index (χ2n) is 4.84. The Bertz CT molecular complexity index is 679. The Morgan fingerprint density at radius 3 is 2.20 bits per heavy atom. The molecular formula is C12H17NO5S2. The molecule has 1 saturated heterocycles. The van der Waals surface area contributed by atoms with Gasteiger partial charge in [0.2, 0.25) is 10.0 Å². The van der Waals surface area contributed by atoms with E-state index >= 15 is 0 Å². The van der Waals surface area contributed by atoms with Crippen molar-refractivity contribution in [3.63, 3.8) is 0 Å². The zero-order chi connectivity index (χ0) is 15.0. The normalized spacial score (nSPS) is 21.2. The molecule has 1 N–H and O–H groups in total. The smallest absolute Gasteiger partial charge is 0.243 e. The van der Waals surface area contributed by atoms with E-state index in [1.54, 1.807) is 0 Å². The number of aliphatic hydroxyl groups is 1. The molecule has 20 heavy (non-hydrogen) atoms. The monoisotopic (exact) mass is 319 g/mol. The number of hydrogen-bond acceptors (Lipinski definition) is 5. The SMILES string of the molecule is CS(=O)(=O)c1ccc(S(=O)(=O)N2CCCC2CO)cc1. The Morgan fingerprint density at radius 2 is 1.70 bits per heavy atom. The van der Waals surface area contributed by atoms with Gasteiger partial charge in [-0.05, 0) is 37.1 Å². The second-order valence-corrected chi connectivity index (χ2v) is 8.74. The van der Waals surface area contributed by atoms with E-state index in [2.05, 4.69) is 0 Å². The Morgan fingerprint density at radius 1 is 1.15 bits per heavy atom. The third-order valence-electron chi connectivity index (χ3n) is 3.39. The molecule has 0 bridgehead atoms. The molecule has 112 valence electrons. The molecule has 0 aromatic heterocycles. The van der Waals surface area contributed by atoms with Crippen molar-refractivity contribution < 1.29 is 21.9 Å². The van der Waals surface area contributed by atoms with Gasteiger partial charge in [-0.15, -0.1) is 0 Å². The van der Waals surface area contributed by atoms with Crippen LogP contribution < -0.4 is 0 Å². The van der Waals surface area contributed by atoms with Crippen molar-refractivity contribution in [2.75, 3.05) is 19.4 Å². The molecule has 0 aliphatic carbocycles. The summed E-state index contributed by atoms with van der Waals surface area (Å²) in [6, 6.07) is 4.75. The van der Waals surface area contributed by atoms with Gasteiger partial charge in [0.05, 0.1) is 16.4 Å². The Labute approximate surface area is 119 Å². The lowest BCUT2D eigenvalue weighted by atomic mass is 10.2. The fraction of sp³-hybridized carbons (Fsp3) is 0.500. The first-order valence-electron chi connectivity index (χ1n) is 6.19. The molecule has 1 unspecified atom stereocenters. The lowest BCUT2D eigenvalue weighted by Crippen LogP contribution is -2.37. The Hall–Kier alpha value is -0.960. The number of sulfone groups is 1. The van der Waals surface area contributed by atoms with Gasteiger partial charge in [0, 0.05) is 18.8 Å². The molecular weight excluding hydrogens is 302 g/mol. The minimum absolute atomic E-state index is 0.0465. The van der Waals surface area contributed by atoms with Crippen molar-refractivity contribution in [1.82, 2.24) is 4.31 Å². The van der Waals surface area contributed by atoms with Crippen LogP contribution in [0.2, 0.25) is 0 Å². The van der Waals surface area contributed by atoms with E-state index in [4.69, 9.17) is 0 Å². The molecule has 1 aliphatic rings. The number of nitrogens with zero attached hydrogens (tertiary/aromatic N) is 1. The average Bonchev–Trinajstić information content (AvgIpc) is 2.87. The average molecular weight is 319 g/mol. The Kier molecular flexibility index (Phi) is 4.19. The molecule has 1 fully saturated rings. The maximum absolute atomic E-state index is 12.4. The van der Waals surface area contributed by atoms with Gasteiger partial charge in [-0.2, -0.15) is 4.31 Å². The number of aliphatic hydroxyl groups excluding tert-OH is 1. The van der Waals surface area contributed by atoms with Crippen LogP contribution in [0.25, 0.3) is 0 Å². The highest BCUT2D eigenvalue weighted by atomic mass is 32.2. The number of hydrogen-bond donors (Lipinski definition) is 1. The lowest BCUT2D eigenvalue weighted by molar-refractivity contribution is 0.213. The highest BCUT2D eigenvalue weighted by Gasteiger charge is 2.34. The van der Waals surface area contributed by atoms with Gasteiger partial charge in [-0.3, -0.25) is 0 Å². The predicted molar refractivity (Wildman–Crippen MR) is 73.6 cm³/mol. The maximum Gasteiger partial charge on any atom is 0.243 e. The minimum atomic E-state index is -3.68. The number of rotatable bonds is 4. The summed E-state index contributed by atoms with van der Waals surface area (Å²) >= 11 is 0. The summed E-state index contributed by atoms with van der Waals surface area (Å²) < 4.78 is 48.9. The predicted octanol–water partition coefficient (Wildman–Crippen LogP) is 0.235. The van der Waals surface area contributed by atoms with Gasteiger partial charge in [0.1, 0.15) is 0 Å². The molecule has 1 aliphatic heterocycles. The van der Waals surface area contributed by atoms with E-state index in [9.17, 15) is 21.9 Å². The highest BCUT2D eigenvalue weighted by molar-refractivity contribution is 7.90. The zero-order valence-electron chi connectivity index (χ0n) is 11.1. The quantitative estimate of drug-likeness (QED) is 0.858. The third kappa shape index (κ3) is 2.88. The number of sulfonamides is 1. The Balaban J connectivity index is 2.35. The highest BCUT2D eigenvalue weighted by Crippen LogP contribution is 2.26. The number of benzene rings is 1. The van der Waals surface area contributed by atoms with Crippen LogP contribution in [-0.4, -0.2) is 51.7 Å². The van der Waals surface area contributed by atoms with Crippen LogP contribution in [0.4, 0.5) is 0 Å². The fourth-order valence-electron chi connectivity index (χ4n) is 2.30. The molecule has 0 saturated carbocycles. The van der Waals surface area contributed by atoms with E-state index in [1.165, 1.54) is 28.6 Å². The topological polar surface area (TPSA) is 91.8 Å². The first-order valence-corrected chi connectivity index (χ1v) is 9.53. The van der Waals surface area contributed by atoms with E-state index in [0.29, 0.717) is 19.4 Å². The molecule has 0 spiro atoms. The lowest BCUT2D eigenvalue weighted by Gasteiger charge is -2.22. The second kappa shape index (κ2) is 5.44. The minimum Gasteiger partial charge on any atom is -0.395 e. The molecule has 6 nitrogen and oxygen atoms in total. The summed E-state index contributed by atoms with van der Waals surface area (Å²) in [5.41, 5.74) is 0. The van der Waals surface area contributed by atoms with E-state index in [-0.39, 0.29) is 16.4 Å². The summed E-state index contributed by atoms with van der Waals surface area (Å²) in [5.74, 6) is 0. The molecule has 1 aromatic carbocycles. The molecule has 1 heterocycles. The summed E-state index contributed by atoms with van der Waals surface area (Å²) in [7, 11) is -7.03. The van der Waals surface area contributed by atoms with Gasteiger partial charge in [-0.25, -0.2) is 16.8 Å². The zero-order valence-corrected chi connectivity index (χ0v) is 12.7. The molecule has 0 radical (unpaired) electrons. The van der Waals surface area contributed by atoms with Gasteiger partial charge in [0.25, 0.3) is 0 Å². The summed E-state index contributed by atoms with van der Waals surface area (Å²) in [6.45, 7) is 0.169. The van der Waals surface area contributed by atoms with Crippen LogP contribution in [-0.2, 0) is 19.9 Å². The van der Waals surface area contributed by atoms with Crippen molar-refractivity contribution >= 4 is 19.9 Å². The van der Waals surface area contributed by atoms with Crippen LogP contribution >= 0.6 is 0 Å². The first-order chi connectivity index (χ1) is 9.26. The van der Waals surface area contributed by atoms with Crippen LogP contribution in [0.1, 0.15) is 12.8 Å². The van der Waals surface area contributed by atoms with E-state index in [1.807, 2.05) is 0 Å². The van der Waals surface area contributed by atoms with Gasteiger partial charge in [-0.1, -0.05) is 0 Å². The van der Waals surface area contributed by atoms with Crippen LogP contribution in [0.3, 0.4) is 0 Å².